The summed E-state index contributed by atoms with van der Waals surface area (Å²) in [6.45, 7) is 4.04. The molecular weight excluding hydrogens is 230 g/mol. The van der Waals surface area contributed by atoms with E-state index >= 15 is 0 Å². The van der Waals surface area contributed by atoms with Gasteiger partial charge in [0.1, 0.15) is 6.54 Å². The topological polar surface area (TPSA) is 46.6 Å². The van der Waals surface area contributed by atoms with E-state index in [-0.39, 0.29) is 18.4 Å². The molecule has 0 atom stereocenters. The first kappa shape index (κ1) is 14.2. The average molecular weight is 249 g/mol. The number of carbonyl (C=O) groups is 2. The van der Waals surface area contributed by atoms with E-state index in [0.29, 0.717) is 12.2 Å². The predicted octanol–water partition coefficient (Wildman–Crippen LogP) is 1.88. The number of benzene rings is 1. The molecule has 0 aliphatic rings. The van der Waals surface area contributed by atoms with Crippen LogP contribution < -0.4 is 0 Å². The van der Waals surface area contributed by atoms with Gasteiger partial charge in [0.25, 0.3) is 5.91 Å². The van der Waals surface area contributed by atoms with Crippen LogP contribution in [0.5, 0.6) is 0 Å². The van der Waals surface area contributed by atoms with Crippen LogP contribution in [0.1, 0.15) is 29.8 Å². The van der Waals surface area contributed by atoms with Crippen molar-refractivity contribution in [1.82, 2.24) is 4.90 Å². The summed E-state index contributed by atoms with van der Waals surface area (Å²) in [7, 11) is 1.60. The van der Waals surface area contributed by atoms with Crippen LogP contribution >= 0.6 is 0 Å². The molecule has 1 rings (SSSR count). The molecule has 0 aliphatic heterocycles. The molecule has 0 saturated carbocycles. The monoisotopic (exact) mass is 249 g/mol. The minimum absolute atomic E-state index is 0.0231. The molecule has 0 heterocycles. The molecule has 4 nitrogen and oxygen atoms in total. The van der Waals surface area contributed by atoms with E-state index in [2.05, 4.69) is 0 Å². The van der Waals surface area contributed by atoms with Crippen molar-refractivity contribution in [3.05, 3.63) is 35.4 Å². The van der Waals surface area contributed by atoms with Gasteiger partial charge in [0, 0.05) is 12.6 Å². The smallest absolute Gasteiger partial charge is 0.325 e. The molecule has 0 aromatic heterocycles. The van der Waals surface area contributed by atoms with Crippen molar-refractivity contribution in [2.75, 3.05) is 20.2 Å². The standard InChI is InChI=1S/C14H19NO3/c1-4-11-8-6-7-9-12(11)14(17)15(3)10-13(16)18-5-2/h6-9H,4-5,10H2,1-3H3. The van der Waals surface area contributed by atoms with E-state index in [1.807, 2.05) is 25.1 Å². The molecule has 0 bridgehead atoms. The minimum Gasteiger partial charge on any atom is -0.465 e. The second-order valence-corrected chi connectivity index (χ2v) is 3.98. The van der Waals surface area contributed by atoms with Crippen LogP contribution in [0.4, 0.5) is 0 Å². The average Bonchev–Trinajstić information content (AvgIpc) is 2.38. The lowest BCUT2D eigenvalue weighted by Gasteiger charge is -2.17. The highest BCUT2D eigenvalue weighted by atomic mass is 16.5. The van der Waals surface area contributed by atoms with E-state index in [1.165, 1.54) is 4.90 Å². The Bertz CT molecular complexity index is 429. The van der Waals surface area contributed by atoms with Gasteiger partial charge in [-0.15, -0.1) is 0 Å². The van der Waals surface area contributed by atoms with Gasteiger partial charge in [0.05, 0.1) is 6.61 Å². The number of likely N-dealkylation sites (N-methyl/N-ethyl adjacent to an activating group) is 1. The molecule has 1 aromatic carbocycles. The Morgan fingerprint density at radius 3 is 2.50 bits per heavy atom. The first-order valence-corrected chi connectivity index (χ1v) is 6.09. The Morgan fingerprint density at radius 1 is 1.22 bits per heavy atom. The number of nitrogens with zero attached hydrogens (tertiary/aromatic N) is 1. The van der Waals surface area contributed by atoms with Gasteiger partial charge < -0.3 is 9.64 Å². The molecule has 0 aliphatic carbocycles. The normalized spacial score (nSPS) is 9.94. The zero-order chi connectivity index (χ0) is 13.5. The van der Waals surface area contributed by atoms with Crippen LogP contribution in [0.15, 0.2) is 24.3 Å². The van der Waals surface area contributed by atoms with Crippen LogP contribution in [0.25, 0.3) is 0 Å². The maximum Gasteiger partial charge on any atom is 0.325 e. The second-order valence-electron chi connectivity index (χ2n) is 3.98. The number of ether oxygens (including phenoxy) is 1. The molecule has 0 spiro atoms. The number of amides is 1. The van der Waals surface area contributed by atoms with Crippen LogP contribution in [0, 0.1) is 0 Å². The Kier molecular flexibility index (Phi) is 5.36. The number of hydrogen-bond donors (Lipinski definition) is 0. The van der Waals surface area contributed by atoms with Crippen molar-refractivity contribution >= 4 is 11.9 Å². The Hall–Kier alpha value is -1.84. The van der Waals surface area contributed by atoms with Crippen molar-refractivity contribution in [3.8, 4) is 0 Å². The first-order chi connectivity index (χ1) is 8.60. The molecule has 18 heavy (non-hydrogen) atoms. The van der Waals surface area contributed by atoms with Gasteiger partial charge in [-0.25, -0.2) is 0 Å². The third-order valence-corrected chi connectivity index (χ3v) is 2.65. The van der Waals surface area contributed by atoms with Gasteiger partial charge in [-0.3, -0.25) is 9.59 Å². The predicted molar refractivity (Wildman–Crippen MR) is 69.4 cm³/mol. The Balaban J connectivity index is 2.77. The van der Waals surface area contributed by atoms with Gasteiger partial charge in [0.15, 0.2) is 0 Å². The number of carbonyl (C=O) groups excluding carboxylic acids is 2. The van der Waals surface area contributed by atoms with Gasteiger partial charge in [-0.2, -0.15) is 0 Å². The number of hydrogen-bond acceptors (Lipinski definition) is 3. The molecule has 0 N–H and O–H groups in total. The summed E-state index contributed by atoms with van der Waals surface area (Å²) >= 11 is 0. The summed E-state index contributed by atoms with van der Waals surface area (Å²) < 4.78 is 4.82. The zero-order valence-electron chi connectivity index (χ0n) is 11.1. The molecule has 0 radical (unpaired) electrons. The molecule has 0 saturated heterocycles. The van der Waals surface area contributed by atoms with E-state index in [4.69, 9.17) is 4.74 Å². The van der Waals surface area contributed by atoms with Crippen LogP contribution in [-0.2, 0) is 16.0 Å². The van der Waals surface area contributed by atoms with Crippen LogP contribution in [0.2, 0.25) is 0 Å². The van der Waals surface area contributed by atoms with Gasteiger partial charge in [-0.05, 0) is 25.0 Å². The Morgan fingerprint density at radius 2 is 1.89 bits per heavy atom. The summed E-state index contributed by atoms with van der Waals surface area (Å²) in [4.78, 5) is 24.9. The number of aryl methyl sites for hydroxylation is 1. The van der Waals surface area contributed by atoms with Crippen molar-refractivity contribution in [2.45, 2.75) is 20.3 Å². The highest BCUT2D eigenvalue weighted by Crippen LogP contribution is 2.11. The molecule has 98 valence electrons. The van der Waals surface area contributed by atoms with Gasteiger partial charge in [-0.1, -0.05) is 25.1 Å². The largest absolute Gasteiger partial charge is 0.465 e. The third kappa shape index (κ3) is 3.58. The lowest BCUT2D eigenvalue weighted by atomic mass is 10.0. The summed E-state index contributed by atoms with van der Waals surface area (Å²) in [6.07, 6.45) is 0.787. The van der Waals surface area contributed by atoms with Gasteiger partial charge in [0.2, 0.25) is 0 Å². The molecule has 1 amide bonds. The SMILES string of the molecule is CCOC(=O)CN(C)C(=O)c1ccccc1CC. The number of rotatable bonds is 5. The van der Waals surface area contributed by atoms with E-state index in [1.54, 1.807) is 20.0 Å². The molecule has 4 heteroatoms. The fraction of sp³-hybridized carbons (Fsp3) is 0.429. The quantitative estimate of drug-likeness (QED) is 0.749. The first-order valence-electron chi connectivity index (χ1n) is 6.09. The Labute approximate surface area is 108 Å². The van der Waals surface area contributed by atoms with E-state index in [0.717, 1.165) is 12.0 Å². The lowest BCUT2D eigenvalue weighted by Crippen LogP contribution is -2.33. The van der Waals surface area contributed by atoms with Crippen LogP contribution in [0.3, 0.4) is 0 Å². The zero-order valence-corrected chi connectivity index (χ0v) is 11.1. The maximum atomic E-state index is 12.2. The maximum absolute atomic E-state index is 12.2. The summed E-state index contributed by atoms with van der Waals surface area (Å²) in [5.74, 6) is -0.539. The minimum atomic E-state index is -0.387. The lowest BCUT2D eigenvalue weighted by molar-refractivity contribution is -0.143. The molecule has 0 fully saturated rings. The highest BCUT2D eigenvalue weighted by molar-refractivity contribution is 5.97. The fourth-order valence-electron chi connectivity index (χ4n) is 1.71. The van der Waals surface area contributed by atoms with E-state index in [9.17, 15) is 9.59 Å². The second kappa shape index (κ2) is 6.79. The number of esters is 1. The molecule has 1 aromatic rings. The van der Waals surface area contributed by atoms with Gasteiger partial charge >= 0.3 is 5.97 Å². The van der Waals surface area contributed by atoms with Crippen LogP contribution in [-0.4, -0.2) is 37.0 Å². The third-order valence-electron chi connectivity index (χ3n) is 2.65. The summed E-state index contributed by atoms with van der Waals surface area (Å²) in [5.41, 5.74) is 1.63. The highest BCUT2D eigenvalue weighted by Gasteiger charge is 2.17. The van der Waals surface area contributed by atoms with Crippen molar-refractivity contribution in [1.29, 1.82) is 0 Å². The van der Waals surface area contributed by atoms with Crippen molar-refractivity contribution in [2.24, 2.45) is 0 Å². The molecule has 0 unspecified atom stereocenters. The van der Waals surface area contributed by atoms with Crippen molar-refractivity contribution in [3.63, 3.8) is 0 Å². The fourth-order valence-corrected chi connectivity index (χ4v) is 1.71. The molecular formula is C14H19NO3. The van der Waals surface area contributed by atoms with E-state index < -0.39 is 0 Å². The summed E-state index contributed by atoms with van der Waals surface area (Å²) in [6, 6.07) is 7.43. The summed E-state index contributed by atoms with van der Waals surface area (Å²) in [5, 5.41) is 0. The van der Waals surface area contributed by atoms with Crippen molar-refractivity contribution < 1.29 is 14.3 Å².